The summed E-state index contributed by atoms with van der Waals surface area (Å²) < 4.78 is 0. The number of aromatic nitrogens is 1. The van der Waals surface area contributed by atoms with Crippen molar-refractivity contribution in [2.45, 2.75) is 26.7 Å². The molecule has 0 aliphatic rings. The lowest BCUT2D eigenvalue weighted by Crippen LogP contribution is -2.25. The lowest BCUT2D eigenvalue weighted by molar-refractivity contribution is 0.0953. The third kappa shape index (κ3) is 4.43. The van der Waals surface area contributed by atoms with Crippen molar-refractivity contribution >= 4 is 11.7 Å². The number of carbonyl (C=O) groups is 1. The van der Waals surface area contributed by atoms with Crippen molar-refractivity contribution in [3.05, 3.63) is 23.9 Å². The van der Waals surface area contributed by atoms with E-state index in [1.165, 1.54) is 0 Å². The Kier molecular flexibility index (Phi) is 5.46. The lowest BCUT2D eigenvalue weighted by atomic mass is 10.1. The van der Waals surface area contributed by atoms with Gasteiger partial charge in [0.1, 0.15) is 5.82 Å². The van der Waals surface area contributed by atoms with Crippen LogP contribution >= 0.6 is 0 Å². The molecule has 17 heavy (non-hydrogen) atoms. The summed E-state index contributed by atoms with van der Waals surface area (Å²) in [6.45, 7) is 5.08. The van der Waals surface area contributed by atoms with E-state index in [0.717, 1.165) is 19.4 Å². The number of nitrogens with one attached hydrogen (secondary N) is 2. The standard InChI is InChI=1S/C13H21N3O/c1-10(2)6-4-9-16-13(17)11-7-5-8-15-12(11)14-3/h5,7-8,10H,4,6,9H2,1-3H3,(H,14,15)(H,16,17). The Morgan fingerprint density at radius 3 is 2.88 bits per heavy atom. The van der Waals surface area contributed by atoms with Crippen molar-refractivity contribution in [2.24, 2.45) is 5.92 Å². The zero-order valence-corrected chi connectivity index (χ0v) is 10.8. The van der Waals surface area contributed by atoms with Gasteiger partial charge in [-0.25, -0.2) is 4.98 Å². The van der Waals surface area contributed by atoms with E-state index in [2.05, 4.69) is 29.5 Å². The number of pyridine rings is 1. The van der Waals surface area contributed by atoms with Crippen LogP contribution in [0.3, 0.4) is 0 Å². The van der Waals surface area contributed by atoms with Crippen LogP contribution in [0.25, 0.3) is 0 Å². The summed E-state index contributed by atoms with van der Waals surface area (Å²) in [6.07, 6.45) is 3.81. The van der Waals surface area contributed by atoms with Crippen molar-refractivity contribution in [2.75, 3.05) is 18.9 Å². The first kappa shape index (κ1) is 13.5. The molecule has 2 N–H and O–H groups in total. The van der Waals surface area contributed by atoms with Crippen LogP contribution in [0, 0.1) is 5.92 Å². The zero-order chi connectivity index (χ0) is 12.7. The molecule has 0 bridgehead atoms. The van der Waals surface area contributed by atoms with Crippen LogP contribution in [-0.2, 0) is 0 Å². The number of amides is 1. The average Bonchev–Trinajstić information content (AvgIpc) is 2.34. The summed E-state index contributed by atoms with van der Waals surface area (Å²) in [5.41, 5.74) is 0.597. The third-order valence-corrected chi connectivity index (χ3v) is 2.53. The quantitative estimate of drug-likeness (QED) is 0.744. The van der Waals surface area contributed by atoms with Crippen LogP contribution in [0.5, 0.6) is 0 Å². The van der Waals surface area contributed by atoms with Gasteiger partial charge in [0.05, 0.1) is 5.56 Å². The zero-order valence-electron chi connectivity index (χ0n) is 10.8. The van der Waals surface area contributed by atoms with Crippen LogP contribution in [0.4, 0.5) is 5.82 Å². The molecule has 1 heterocycles. The van der Waals surface area contributed by atoms with Crippen LogP contribution in [-0.4, -0.2) is 24.5 Å². The summed E-state index contributed by atoms with van der Waals surface area (Å²) in [5.74, 6) is 1.23. The average molecular weight is 235 g/mol. The van der Waals surface area contributed by atoms with Crippen LogP contribution in [0.2, 0.25) is 0 Å². The van der Waals surface area contributed by atoms with Gasteiger partial charge in [0.15, 0.2) is 0 Å². The first-order valence-corrected chi connectivity index (χ1v) is 6.06. The number of rotatable bonds is 6. The molecule has 0 fully saturated rings. The Hall–Kier alpha value is -1.58. The van der Waals surface area contributed by atoms with E-state index in [9.17, 15) is 4.79 Å². The SMILES string of the molecule is CNc1ncccc1C(=O)NCCCC(C)C. The Morgan fingerprint density at radius 1 is 1.47 bits per heavy atom. The van der Waals surface area contributed by atoms with E-state index in [1.54, 1.807) is 25.4 Å². The molecule has 0 atom stereocenters. The molecule has 1 aromatic heterocycles. The van der Waals surface area contributed by atoms with E-state index >= 15 is 0 Å². The lowest BCUT2D eigenvalue weighted by Gasteiger charge is -2.09. The molecule has 0 aliphatic heterocycles. The van der Waals surface area contributed by atoms with Gasteiger partial charge in [-0.3, -0.25) is 4.79 Å². The maximum atomic E-state index is 11.9. The van der Waals surface area contributed by atoms with Gasteiger partial charge in [0.2, 0.25) is 0 Å². The molecule has 0 radical (unpaired) electrons. The summed E-state index contributed by atoms with van der Waals surface area (Å²) in [4.78, 5) is 16.0. The van der Waals surface area contributed by atoms with Crippen molar-refractivity contribution < 1.29 is 4.79 Å². The first-order valence-electron chi connectivity index (χ1n) is 6.06. The number of hydrogen-bond acceptors (Lipinski definition) is 3. The van der Waals surface area contributed by atoms with Gasteiger partial charge >= 0.3 is 0 Å². The highest BCUT2D eigenvalue weighted by atomic mass is 16.1. The molecule has 1 amide bonds. The van der Waals surface area contributed by atoms with Gasteiger partial charge < -0.3 is 10.6 Å². The number of carbonyl (C=O) groups excluding carboxylic acids is 1. The second-order valence-corrected chi connectivity index (χ2v) is 4.44. The first-order chi connectivity index (χ1) is 8.15. The Morgan fingerprint density at radius 2 is 2.24 bits per heavy atom. The van der Waals surface area contributed by atoms with E-state index < -0.39 is 0 Å². The maximum absolute atomic E-state index is 11.9. The van der Waals surface area contributed by atoms with Crippen molar-refractivity contribution in [3.8, 4) is 0 Å². The predicted molar refractivity (Wildman–Crippen MR) is 70.2 cm³/mol. The molecule has 0 saturated carbocycles. The van der Waals surface area contributed by atoms with Crippen molar-refractivity contribution in [1.29, 1.82) is 0 Å². The summed E-state index contributed by atoms with van der Waals surface area (Å²) in [7, 11) is 1.76. The molecule has 1 rings (SSSR count). The fourth-order valence-electron chi connectivity index (χ4n) is 1.60. The summed E-state index contributed by atoms with van der Waals surface area (Å²) >= 11 is 0. The monoisotopic (exact) mass is 235 g/mol. The molecular formula is C13H21N3O. The normalized spacial score (nSPS) is 10.4. The molecule has 94 valence electrons. The van der Waals surface area contributed by atoms with Gasteiger partial charge in [-0.15, -0.1) is 0 Å². The van der Waals surface area contributed by atoms with Gasteiger partial charge in [-0.2, -0.15) is 0 Å². The molecular weight excluding hydrogens is 214 g/mol. The predicted octanol–water partition coefficient (Wildman–Crippen LogP) is 2.29. The topological polar surface area (TPSA) is 54.0 Å². The number of nitrogens with zero attached hydrogens (tertiary/aromatic N) is 1. The molecule has 0 unspecified atom stereocenters. The van der Waals surface area contributed by atoms with Crippen LogP contribution < -0.4 is 10.6 Å². The third-order valence-electron chi connectivity index (χ3n) is 2.53. The Labute approximate surface area is 103 Å². The van der Waals surface area contributed by atoms with Crippen molar-refractivity contribution in [1.82, 2.24) is 10.3 Å². The fraction of sp³-hybridized carbons (Fsp3) is 0.538. The highest BCUT2D eigenvalue weighted by molar-refractivity contribution is 5.98. The molecule has 0 aliphatic carbocycles. The smallest absolute Gasteiger partial charge is 0.255 e. The fourth-order valence-corrected chi connectivity index (χ4v) is 1.60. The second-order valence-electron chi connectivity index (χ2n) is 4.44. The van der Waals surface area contributed by atoms with Gasteiger partial charge in [-0.1, -0.05) is 13.8 Å². The molecule has 0 saturated heterocycles. The van der Waals surface area contributed by atoms with Gasteiger partial charge in [0.25, 0.3) is 5.91 Å². The van der Waals surface area contributed by atoms with E-state index in [1.807, 2.05) is 0 Å². The highest BCUT2D eigenvalue weighted by Gasteiger charge is 2.10. The Bertz CT molecular complexity index is 363. The molecule has 0 spiro atoms. The summed E-state index contributed by atoms with van der Waals surface area (Å²) in [5, 5.41) is 5.82. The minimum absolute atomic E-state index is 0.0637. The molecule has 4 heteroatoms. The largest absolute Gasteiger partial charge is 0.372 e. The minimum Gasteiger partial charge on any atom is -0.372 e. The number of anilines is 1. The van der Waals surface area contributed by atoms with Crippen LogP contribution in [0.15, 0.2) is 18.3 Å². The number of hydrogen-bond donors (Lipinski definition) is 2. The van der Waals surface area contributed by atoms with Gasteiger partial charge in [0, 0.05) is 19.8 Å². The minimum atomic E-state index is -0.0637. The Balaban J connectivity index is 2.47. The molecule has 1 aromatic rings. The molecule has 0 aromatic carbocycles. The maximum Gasteiger partial charge on any atom is 0.255 e. The van der Waals surface area contributed by atoms with E-state index in [0.29, 0.717) is 17.3 Å². The van der Waals surface area contributed by atoms with Gasteiger partial charge in [-0.05, 0) is 30.9 Å². The van der Waals surface area contributed by atoms with E-state index in [-0.39, 0.29) is 5.91 Å². The summed E-state index contributed by atoms with van der Waals surface area (Å²) in [6, 6.07) is 3.54. The second kappa shape index (κ2) is 6.89. The van der Waals surface area contributed by atoms with Crippen molar-refractivity contribution in [3.63, 3.8) is 0 Å². The van der Waals surface area contributed by atoms with Crippen LogP contribution in [0.1, 0.15) is 37.0 Å². The molecule has 4 nitrogen and oxygen atoms in total. The highest BCUT2D eigenvalue weighted by Crippen LogP contribution is 2.10. The van der Waals surface area contributed by atoms with E-state index in [4.69, 9.17) is 0 Å².